The Morgan fingerprint density at radius 3 is 2.91 bits per heavy atom. The Bertz CT molecular complexity index is 1200. The first-order valence-electron chi connectivity index (χ1n) is 11.2. The third-order valence-corrected chi connectivity index (χ3v) is 5.93. The lowest BCUT2D eigenvalue weighted by molar-refractivity contribution is 0.0943. The Kier molecular flexibility index (Phi) is 5.93. The van der Waals surface area contributed by atoms with Crippen molar-refractivity contribution in [1.82, 2.24) is 30.0 Å². The molecule has 2 aliphatic rings. The molecule has 0 radical (unpaired) electrons. The first-order valence-corrected chi connectivity index (χ1v) is 11.2. The van der Waals surface area contributed by atoms with Gasteiger partial charge >= 0.3 is 0 Å². The molecule has 1 aromatic carbocycles. The van der Waals surface area contributed by atoms with Crippen molar-refractivity contribution >= 4 is 17.3 Å². The summed E-state index contributed by atoms with van der Waals surface area (Å²) in [5.74, 6) is 1.83. The standard InChI is InChI=1S/C24H26N8O/c1-32-21(30-31-23(32)20-10-12-25-15-28-20)14-27-18-6-4-5-17(13-18)24(33)29-22(16-8-9-16)19-7-2-3-11-26-19/h2,4-7,10,12-13,15-16,22,27H,3,8-9,11,14H2,1H3,(H,29,33). The van der Waals surface area contributed by atoms with Crippen LogP contribution in [0.3, 0.4) is 0 Å². The van der Waals surface area contributed by atoms with E-state index in [9.17, 15) is 4.79 Å². The highest BCUT2D eigenvalue weighted by Crippen LogP contribution is 2.34. The minimum atomic E-state index is -0.0815. The molecule has 3 aromatic rings. The van der Waals surface area contributed by atoms with Gasteiger partial charge in [-0.3, -0.25) is 9.79 Å². The van der Waals surface area contributed by atoms with Crippen molar-refractivity contribution in [1.29, 1.82) is 0 Å². The van der Waals surface area contributed by atoms with E-state index in [1.807, 2.05) is 35.9 Å². The zero-order chi connectivity index (χ0) is 22.6. The van der Waals surface area contributed by atoms with Crippen molar-refractivity contribution in [3.8, 4) is 11.5 Å². The molecule has 1 atom stereocenters. The molecule has 33 heavy (non-hydrogen) atoms. The zero-order valence-electron chi connectivity index (χ0n) is 18.5. The first kappa shape index (κ1) is 21.0. The highest BCUT2D eigenvalue weighted by molar-refractivity contribution is 6.04. The Balaban J connectivity index is 1.25. The van der Waals surface area contributed by atoms with E-state index >= 15 is 0 Å². The molecule has 0 bridgehead atoms. The zero-order valence-corrected chi connectivity index (χ0v) is 18.5. The van der Waals surface area contributed by atoms with E-state index in [2.05, 4.69) is 47.9 Å². The van der Waals surface area contributed by atoms with Crippen LogP contribution < -0.4 is 10.6 Å². The quantitative estimate of drug-likeness (QED) is 0.555. The van der Waals surface area contributed by atoms with E-state index in [1.54, 1.807) is 12.3 Å². The normalized spacial score (nSPS) is 16.2. The maximum atomic E-state index is 13.0. The molecule has 2 aromatic heterocycles. The van der Waals surface area contributed by atoms with E-state index in [1.165, 1.54) is 6.33 Å². The van der Waals surface area contributed by atoms with Crippen LogP contribution in [0.5, 0.6) is 0 Å². The Hall–Kier alpha value is -3.88. The fourth-order valence-corrected chi connectivity index (χ4v) is 3.93. The molecular weight excluding hydrogens is 416 g/mol. The van der Waals surface area contributed by atoms with Crippen LogP contribution in [-0.4, -0.2) is 48.9 Å². The number of aromatic nitrogens is 5. The predicted octanol–water partition coefficient (Wildman–Crippen LogP) is 2.79. The minimum absolute atomic E-state index is 0.00970. The summed E-state index contributed by atoms with van der Waals surface area (Å²) < 4.78 is 1.89. The number of nitrogens with zero attached hydrogens (tertiary/aromatic N) is 6. The molecule has 9 heteroatoms. The maximum Gasteiger partial charge on any atom is 0.251 e. The van der Waals surface area contributed by atoms with Crippen molar-refractivity contribution in [2.45, 2.75) is 31.8 Å². The van der Waals surface area contributed by atoms with Crippen molar-refractivity contribution in [3.63, 3.8) is 0 Å². The van der Waals surface area contributed by atoms with Crippen LogP contribution in [0.2, 0.25) is 0 Å². The average Bonchev–Trinajstić information content (AvgIpc) is 3.64. The van der Waals surface area contributed by atoms with Crippen LogP contribution in [0.1, 0.15) is 35.4 Å². The summed E-state index contributed by atoms with van der Waals surface area (Å²) in [7, 11) is 1.90. The van der Waals surface area contributed by atoms with Crippen LogP contribution in [0.25, 0.3) is 11.5 Å². The van der Waals surface area contributed by atoms with Gasteiger partial charge in [0.2, 0.25) is 0 Å². The number of carbonyl (C=O) groups excluding carboxylic acids is 1. The van der Waals surface area contributed by atoms with Crippen LogP contribution in [0.15, 0.2) is 60.0 Å². The summed E-state index contributed by atoms with van der Waals surface area (Å²) in [6.07, 6.45) is 10.6. The van der Waals surface area contributed by atoms with Crippen LogP contribution in [-0.2, 0) is 13.6 Å². The molecule has 1 aliphatic heterocycles. The minimum Gasteiger partial charge on any atom is -0.378 e. The summed E-state index contributed by atoms with van der Waals surface area (Å²) in [5, 5.41) is 15.1. The van der Waals surface area contributed by atoms with Gasteiger partial charge < -0.3 is 15.2 Å². The molecule has 0 spiro atoms. The molecule has 168 valence electrons. The van der Waals surface area contributed by atoms with Crippen LogP contribution in [0, 0.1) is 5.92 Å². The molecule has 1 unspecified atom stereocenters. The lowest BCUT2D eigenvalue weighted by atomic mass is 10.0. The number of hydrogen-bond acceptors (Lipinski definition) is 7. The van der Waals surface area contributed by atoms with Gasteiger partial charge in [0.25, 0.3) is 5.91 Å². The number of nitrogens with one attached hydrogen (secondary N) is 2. The Morgan fingerprint density at radius 1 is 1.24 bits per heavy atom. The number of rotatable bonds is 8. The third-order valence-electron chi connectivity index (χ3n) is 5.93. The second-order valence-corrected chi connectivity index (χ2v) is 8.31. The van der Waals surface area contributed by atoms with Gasteiger partial charge in [0.1, 0.15) is 12.0 Å². The van der Waals surface area contributed by atoms with Crippen LogP contribution in [0.4, 0.5) is 5.69 Å². The number of dihydropyridines is 1. The topological polar surface area (TPSA) is 110 Å². The van der Waals surface area contributed by atoms with Gasteiger partial charge in [-0.1, -0.05) is 12.1 Å². The molecular formula is C24H26N8O. The van der Waals surface area contributed by atoms with E-state index in [0.29, 0.717) is 29.5 Å². The van der Waals surface area contributed by atoms with Gasteiger partial charge in [0.15, 0.2) is 11.6 Å². The van der Waals surface area contributed by atoms with E-state index < -0.39 is 0 Å². The highest BCUT2D eigenvalue weighted by atomic mass is 16.1. The first-order chi connectivity index (χ1) is 16.2. The largest absolute Gasteiger partial charge is 0.378 e. The fourth-order valence-electron chi connectivity index (χ4n) is 3.93. The lowest BCUT2D eigenvalue weighted by Crippen LogP contribution is -2.42. The monoisotopic (exact) mass is 442 g/mol. The van der Waals surface area contributed by atoms with Gasteiger partial charge in [-0.05, 0) is 55.5 Å². The highest BCUT2D eigenvalue weighted by Gasteiger charge is 2.35. The van der Waals surface area contributed by atoms with Gasteiger partial charge in [0.05, 0.1) is 18.3 Å². The van der Waals surface area contributed by atoms with E-state index in [-0.39, 0.29) is 11.9 Å². The van der Waals surface area contributed by atoms with Gasteiger partial charge in [-0.25, -0.2) is 9.97 Å². The summed E-state index contributed by atoms with van der Waals surface area (Å²) in [4.78, 5) is 25.8. The molecule has 0 saturated heterocycles. The number of benzene rings is 1. The second kappa shape index (κ2) is 9.32. The van der Waals surface area contributed by atoms with Crippen LogP contribution >= 0.6 is 0 Å². The molecule has 2 N–H and O–H groups in total. The fraction of sp³-hybridized carbons (Fsp3) is 0.333. The molecule has 1 aliphatic carbocycles. The summed E-state index contributed by atoms with van der Waals surface area (Å²) in [5.41, 5.74) is 3.17. The van der Waals surface area contributed by atoms with Gasteiger partial charge in [-0.15, -0.1) is 10.2 Å². The van der Waals surface area contributed by atoms with Crippen molar-refractivity contribution < 1.29 is 4.79 Å². The lowest BCUT2D eigenvalue weighted by Gasteiger charge is -2.20. The third kappa shape index (κ3) is 4.82. The smallest absolute Gasteiger partial charge is 0.251 e. The molecule has 9 nitrogen and oxygen atoms in total. The van der Waals surface area contributed by atoms with E-state index in [0.717, 1.165) is 43.0 Å². The van der Waals surface area contributed by atoms with Gasteiger partial charge in [0, 0.05) is 31.0 Å². The number of hydrogen-bond donors (Lipinski definition) is 2. The number of anilines is 1. The number of carbonyl (C=O) groups is 1. The SMILES string of the molecule is Cn1c(CNc2cccc(C(=O)NC(C3=NCCC=C3)C3CC3)c2)nnc1-c1ccncn1. The van der Waals surface area contributed by atoms with Gasteiger partial charge in [-0.2, -0.15) is 0 Å². The number of amides is 1. The van der Waals surface area contributed by atoms with Crippen molar-refractivity contribution in [3.05, 3.63) is 66.4 Å². The second-order valence-electron chi connectivity index (χ2n) is 8.31. The predicted molar refractivity (Wildman–Crippen MR) is 126 cm³/mol. The summed E-state index contributed by atoms with van der Waals surface area (Å²) in [6.45, 7) is 1.26. The molecule has 3 heterocycles. The Morgan fingerprint density at radius 2 is 2.15 bits per heavy atom. The molecule has 1 saturated carbocycles. The summed E-state index contributed by atoms with van der Waals surface area (Å²) >= 11 is 0. The van der Waals surface area contributed by atoms with E-state index in [4.69, 9.17) is 0 Å². The van der Waals surface area contributed by atoms with Crippen molar-refractivity contribution in [2.75, 3.05) is 11.9 Å². The van der Waals surface area contributed by atoms with Crippen molar-refractivity contribution in [2.24, 2.45) is 18.0 Å². The molecule has 1 amide bonds. The molecule has 5 rings (SSSR count). The summed E-state index contributed by atoms with van der Waals surface area (Å²) in [6, 6.07) is 9.30. The Labute approximate surface area is 192 Å². The average molecular weight is 443 g/mol. The molecule has 1 fully saturated rings. The maximum absolute atomic E-state index is 13.0. The number of aliphatic imine (C=N–C) groups is 1.